The zero-order valence-corrected chi connectivity index (χ0v) is 17.7. The molecule has 0 unspecified atom stereocenters. The number of benzene rings is 1. The van der Waals surface area contributed by atoms with Crippen LogP contribution in [-0.4, -0.2) is 20.4 Å². The smallest absolute Gasteiger partial charge is 1.00 e. The summed E-state index contributed by atoms with van der Waals surface area (Å²) in [5, 5.41) is 4.65. The Kier molecular flexibility index (Phi) is 7.51. The first kappa shape index (κ1) is 20.5. The van der Waals surface area contributed by atoms with Crippen LogP contribution in [0.1, 0.15) is 43.9 Å². The van der Waals surface area contributed by atoms with Crippen molar-refractivity contribution < 1.29 is 48.4 Å². The van der Waals surface area contributed by atoms with Gasteiger partial charge in [-0.1, -0.05) is 37.5 Å². The maximum atomic E-state index is 12.5. The molecule has 1 fully saturated rings. The first-order chi connectivity index (χ1) is 11.6. The van der Waals surface area contributed by atoms with Crippen molar-refractivity contribution in [2.45, 2.75) is 42.4 Å². The van der Waals surface area contributed by atoms with E-state index in [4.69, 9.17) is 4.18 Å². The standard InChI is InChI=1S/C17H19NO4S2.Na.H/c19-17(18-13-7-2-1-3-8-13)14-9-4-5-10-15(14)22-24(20,21)16-11-6-12-23-16;;/h4-6,9-13H,1-3,7-8H2,(H,18,19);;/q;+1;-1. The largest absolute Gasteiger partial charge is 1.00 e. The van der Waals surface area contributed by atoms with Crippen LogP contribution in [0, 0.1) is 0 Å². The minimum absolute atomic E-state index is 0. The van der Waals surface area contributed by atoms with E-state index in [0.717, 1.165) is 37.0 Å². The molecule has 1 N–H and O–H groups in total. The third-order valence-corrected chi connectivity index (χ3v) is 6.60. The fourth-order valence-electron chi connectivity index (χ4n) is 2.80. The van der Waals surface area contributed by atoms with Crippen molar-refractivity contribution in [3.63, 3.8) is 0 Å². The van der Waals surface area contributed by atoms with E-state index in [2.05, 4.69) is 5.32 Å². The molecule has 1 aliphatic rings. The molecule has 1 amide bonds. The van der Waals surface area contributed by atoms with Crippen LogP contribution in [0.25, 0.3) is 0 Å². The van der Waals surface area contributed by atoms with Gasteiger partial charge in [-0.15, -0.1) is 11.3 Å². The first-order valence-corrected chi connectivity index (χ1v) is 10.2. The van der Waals surface area contributed by atoms with Crippen LogP contribution in [0.5, 0.6) is 5.75 Å². The number of nitrogens with one attached hydrogen (secondary N) is 1. The number of hydrogen-bond donors (Lipinski definition) is 1. The number of thiophene rings is 1. The Morgan fingerprint density at radius 3 is 2.52 bits per heavy atom. The van der Waals surface area contributed by atoms with Crippen molar-refractivity contribution in [1.82, 2.24) is 5.32 Å². The first-order valence-electron chi connectivity index (χ1n) is 7.94. The van der Waals surface area contributed by atoms with E-state index < -0.39 is 10.1 Å². The molecule has 0 spiro atoms. The molecule has 1 aromatic carbocycles. The normalized spacial score (nSPS) is 15.2. The Labute approximate surface area is 175 Å². The summed E-state index contributed by atoms with van der Waals surface area (Å²) in [6.45, 7) is 0. The zero-order valence-electron chi connectivity index (χ0n) is 15.1. The molecule has 0 atom stereocenters. The molecule has 8 heteroatoms. The Balaban J connectivity index is 0.00000169. The molecule has 2 aromatic rings. The van der Waals surface area contributed by atoms with Crippen LogP contribution in [-0.2, 0) is 10.1 Å². The number of para-hydroxylation sites is 1. The molecule has 3 rings (SSSR count). The van der Waals surface area contributed by atoms with Gasteiger partial charge >= 0.3 is 39.7 Å². The summed E-state index contributed by atoms with van der Waals surface area (Å²) in [6, 6.07) is 9.69. The number of hydrogen-bond acceptors (Lipinski definition) is 5. The van der Waals surface area contributed by atoms with Gasteiger partial charge < -0.3 is 10.9 Å². The average molecular weight is 389 g/mol. The summed E-state index contributed by atoms with van der Waals surface area (Å²) in [4.78, 5) is 12.5. The van der Waals surface area contributed by atoms with Gasteiger partial charge in [0.15, 0.2) is 9.96 Å². The summed E-state index contributed by atoms with van der Waals surface area (Å²) < 4.78 is 29.9. The van der Waals surface area contributed by atoms with Crippen LogP contribution >= 0.6 is 11.3 Å². The van der Waals surface area contributed by atoms with Crippen LogP contribution < -0.4 is 39.1 Å². The van der Waals surface area contributed by atoms with E-state index in [0.29, 0.717) is 0 Å². The van der Waals surface area contributed by atoms with Crippen LogP contribution in [0.3, 0.4) is 0 Å². The predicted octanol–water partition coefficient (Wildman–Crippen LogP) is 0.695. The summed E-state index contributed by atoms with van der Waals surface area (Å²) in [6.07, 6.45) is 5.33. The van der Waals surface area contributed by atoms with E-state index >= 15 is 0 Å². The van der Waals surface area contributed by atoms with Gasteiger partial charge in [0.2, 0.25) is 0 Å². The molecule has 0 saturated heterocycles. The van der Waals surface area contributed by atoms with Crippen molar-refractivity contribution in [2.24, 2.45) is 0 Å². The van der Waals surface area contributed by atoms with Crippen LogP contribution in [0.15, 0.2) is 46.0 Å². The monoisotopic (exact) mass is 389 g/mol. The Morgan fingerprint density at radius 1 is 1.12 bits per heavy atom. The van der Waals surface area contributed by atoms with Gasteiger partial charge in [0.1, 0.15) is 0 Å². The van der Waals surface area contributed by atoms with E-state index in [1.807, 2.05) is 0 Å². The molecular weight excluding hydrogens is 369 g/mol. The summed E-state index contributed by atoms with van der Waals surface area (Å²) in [5.41, 5.74) is 0.239. The van der Waals surface area contributed by atoms with Gasteiger partial charge in [-0.2, -0.15) is 8.42 Å². The Hall–Kier alpha value is -0.860. The molecule has 1 aliphatic carbocycles. The second-order valence-corrected chi connectivity index (χ2v) is 8.49. The maximum absolute atomic E-state index is 12.5. The van der Waals surface area contributed by atoms with Gasteiger partial charge in [-0.3, -0.25) is 4.79 Å². The predicted molar refractivity (Wildman–Crippen MR) is 94.0 cm³/mol. The van der Waals surface area contributed by atoms with E-state index in [1.165, 1.54) is 18.6 Å². The zero-order chi connectivity index (χ0) is 17.0. The molecule has 0 bridgehead atoms. The summed E-state index contributed by atoms with van der Waals surface area (Å²) in [5.74, 6) is -0.238. The molecule has 5 nitrogen and oxygen atoms in total. The Bertz CT molecular complexity index is 806. The summed E-state index contributed by atoms with van der Waals surface area (Å²) in [7, 11) is -3.92. The molecule has 25 heavy (non-hydrogen) atoms. The molecule has 1 saturated carbocycles. The minimum Gasteiger partial charge on any atom is -1.00 e. The molecular formula is C17H20NNaO4S2. The third kappa shape index (κ3) is 5.31. The average Bonchev–Trinajstić information content (AvgIpc) is 3.11. The molecule has 130 valence electrons. The van der Waals surface area contributed by atoms with E-state index in [9.17, 15) is 13.2 Å². The van der Waals surface area contributed by atoms with Crippen molar-refractivity contribution in [3.8, 4) is 5.75 Å². The number of carbonyl (C=O) groups excluding carboxylic acids is 1. The third-order valence-electron chi connectivity index (χ3n) is 4.01. The minimum atomic E-state index is -3.92. The van der Waals surface area contributed by atoms with Crippen LogP contribution in [0.2, 0.25) is 0 Å². The topological polar surface area (TPSA) is 72.5 Å². The van der Waals surface area contributed by atoms with Crippen molar-refractivity contribution in [2.75, 3.05) is 0 Å². The number of carbonyl (C=O) groups is 1. The number of rotatable bonds is 5. The van der Waals surface area contributed by atoms with Crippen molar-refractivity contribution in [1.29, 1.82) is 0 Å². The maximum Gasteiger partial charge on any atom is 1.00 e. The SMILES string of the molecule is O=C(NC1CCCCC1)c1ccccc1OS(=O)(=O)c1cccs1.[H-].[Na+]. The van der Waals surface area contributed by atoms with Gasteiger partial charge in [0.05, 0.1) is 5.56 Å². The fraction of sp³-hybridized carbons (Fsp3) is 0.353. The van der Waals surface area contributed by atoms with Gasteiger partial charge in [0.25, 0.3) is 5.91 Å². The Morgan fingerprint density at radius 2 is 1.84 bits per heavy atom. The quantitative estimate of drug-likeness (QED) is 0.604. The van der Waals surface area contributed by atoms with E-state index in [-0.39, 0.29) is 58.5 Å². The van der Waals surface area contributed by atoms with E-state index in [1.54, 1.807) is 29.6 Å². The summed E-state index contributed by atoms with van der Waals surface area (Å²) >= 11 is 1.08. The molecule has 1 heterocycles. The fourth-order valence-corrected chi connectivity index (χ4v) is 4.70. The second-order valence-electron chi connectivity index (χ2n) is 5.77. The molecule has 0 aliphatic heterocycles. The van der Waals surface area contributed by atoms with Gasteiger partial charge in [-0.25, -0.2) is 0 Å². The van der Waals surface area contributed by atoms with Crippen LogP contribution in [0.4, 0.5) is 0 Å². The second kappa shape index (κ2) is 9.19. The molecule has 0 radical (unpaired) electrons. The van der Waals surface area contributed by atoms with Gasteiger partial charge in [-0.05, 0) is 36.4 Å². The van der Waals surface area contributed by atoms with Crippen molar-refractivity contribution >= 4 is 27.4 Å². The van der Waals surface area contributed by atoms with Crippen molar-refractivity contribution in [3.05, 3.63) is 47.3 Å². The molecule has 1 aromatic heterocycles. The number of amides is 1. The van der Waals surface area contributed by atoms with Gasteiger partial charge in [0, 0.05) is 6.04 Å².